The van der Waals surface area contributed by atoms with Crippen molar-refractivity contribution in [2.24, 2.45) is 0 Å². The zero-order chi connectivity index (χ0) is 13.1. The van der Waals surface area contributed by atoms with Crippen LogP contribution >= 0.6 is 0 Å². The fourth-order valence-electron chi connectivity index (χ4n) is 2.18. The quantitative estimate of drug-likeness (QED) is 0.822. The Bertz CT molecular complexity index is 432. The van der Waals surface area contributed by atoms with Gasteiger partial charge in [0, 0.05) is 37.7 Å². The summed E-state index contributed by atoms with van der Waals surface area (Å²) in [4.78, 5) is 18.5. The van der Waals surface area contributed by atoms with Crippen molar-refractivity contribution >= 4 is 5.91 Å². The molecule has 0 N–H and O–H groups in total. The molecule has 1 aromatic rings. The predicted octanol–water partition coefficient (Wildman–Crippen LogP) is 2.07. The maximum Gasteiger partial charge on any atom is 0.254 e. The fourth-order valence-corrected chi connectivity index (χ4v) is 2.18. The van der Waals surface area contributed by atoms with Gasteiger partial charge in [-0.3, -0.25) is 9.78 Å². The molecule has 1 aliphatic heterocycles. The zero-order valence-corrected chi connectivity index (χ0v) is 11.2. The van der Waals surface area contributed by atoms with Crippen LogP contribution in [0.2, 0.25) is 0 Å². The lowest BCUT2D eigenvalue weighted by Crippen LogP contribution is -2.30. The second kappa shape index (κ2) is 5.48. The van der Waals surface area contributed by atoms with Gasteiger partial charge in [0.25, 0.3) is 5.91 Å². The van der Waals surface area contributed by atoms with Crippen molar-refractivity contribution in [3.63, 3.8) is 0 Å². The number of aromatic nitrogens is 1. The highest BCUT2D eigenvalue weighted by Gasteiger charge is 2.26. The molecule has 2 rings (SSSR count). The average molecular weight is 248 g/mol. The lowest BCUT2D eigenvalue weighted by Gasteiger charge is -2.16. The molecule has 0 bridgehead atoms. The van der Waals surface area contributed by atoms with Crippen LogP contribution in [0.15, 0.2) is 18.3 Å². The van der Waals surface area contributed by atoms with Gasteiger partial charge in [-0.2, -0.15) is 0 Å². The third-order valence-corrected chi connectivity index (χ3v) is 3.39. The molecular weight excluding hydrogens is 228 g/mol. The van der Waals surface area contributed by atoms with Crippen molar-refractivity contribution in [1.82, 2.24) is 9.88 Å². The number of amides is 1. The maximum absolute atomic E-state index is 12.3. The van der Waals surface area contributed by atoms with Crippen LogP contribution in [0.4, 0.5) is 0 Å². The fraction of sp³-hybridized carbons (Fsp3) is 0.571. The SMILES string of the molecule is COC1CCN(C(=O)c2ccnc(C(C)C)c2)C1. The highest BCUT2D eigenvalue weighted by Crippen LogP contribution is 2.18. The van der Waals surface area contributed by atoms with Crippen molar-refractivity contribution in [3.05, 3.63) is 29.6 Å². The van der Waals surface area contributed by atoms with Crippen molar-refractivity contribution in [2.75, 3.05) is 20.2 Å². The summed E-state index contributed by atoms with van der Waals surface area (Å²) in [6, 6.07) is 3.68. The van der Waals surface area contributed by atoms with Crippen molar-refractivity contribution in [2.45, 2.75) is 32.3 Å². The van der Waals surface area contributed by atoms with E-state index in [0.717, 1.165) is 24.2 Å². The minimum atomic E-state index is 0.0823. The Balaban J connectivity index is 2.12. The molecule has 2 heterocycles. The van der Waals surface area contributed by atoms with Gasteiger partial charge in [0.05, 0.1) is 6.10 Å². The van der Waals surface area contributed by atoms with Crippen LogP contribution < -0.4 is 0 Å². The van der Waals surface area contributed by atoms with Gasteiger partial charge in [-0.05, 0) is 24.5 Å². The van der Waals surface area contributed by atoms with Gasteiger partial charge in [0.15, 0.2) is 0 Å². The first-order chi connectivity index (χ1) is 8.61. The minimum Gasteiger partial charge on any atom is -0.380 e. The number of nitrogens with zero attached hydrogens (tertiary/aromatic N) is 2. The molecule has 0 radical (unpaired) electrons. The van der Waals surface area contributed by atoms with E-state index >= 15 is 0 Å². The van der Waals surface area contributed by atoms with Gasteiger partial charge in [0.1, 0.15) is 0 Å². The third-order valence-electron chi connectivity index (χ3n) is 3.39. The Morgan fingerprint density at radius 1 is 1.56 bits per heavy atom. The smallest absolute Gasteiger partial charge is 0.254 e. The predicted molar refractivity (Wildman–Crippen MR) is 69.6 cm³/mol. The summed E-state index contributed by atoms with van der Waals surface area (Å²) in [6.07, 6.45) is 2.82. The molecule has 0 aromatic carbocycles. The second-order valence-electron chi connectivity index (χ2n) is 5.02. The molecule has 1 aromatic heterocycles. The van der Waals surface area contributed by atoms with E-state index in [1.807, 2.05) is 11.0 Å². The largest absolute Gasteiger partial charge is 0.380 e. The Morgan fingerprint density at radius 3 is 2.94 bits per heavy atom. The van der Waals surface area contributed by atoms with Gasteiger partial charge in [-0.25, -0.2) is 0 Å². The summed E-state index contributed by atoms with van der Waals surface area (Å²) in [5.74, 6) is 0.418. The van der Waals surface area contributed by atoms with Gasteiger partial charge in [0.2, 0.25) is 0 Å². The van der Waals surface area contributed by atoms with Crippen LogP contribution in [-0.2, 0) is 4.74 Å². The molecule has 1 saturated heterocycles. The summed E-state index contributed by atoms with van der Waals surface area (Å²) in [5, 5.41) is 0. The van der Waals surface area contributed by atoms with Crippen LogP contribution in [0.5, 0.6) is 0 Å². The highest BCUT2D eigenvalue weighted by atomic mass is 16.5. The Labute approximate surface area is 108 Å². The Kier molecular flexibility index (Phi) is 3.97. The standard InChI is InChI=1S/C14H20N2O2/c1-10(2)13-8-11(4-6-15-13)14(17)16-7-5-12(9-16)18-3/h4,6,8,10,12H,5,7,9H2,1-3H3. The van der Waals surface area contributed by atoms with Crippen LogP contribution in [0.25, 0.3) is 0 Å². The number of hydrogen-bond donors (Lipinski definition) is 0. The molecule has 98 valence electrons. The summed E-state index contributed by atoms with van der Waals surface area (Å²) in [6.45, 7) is 5.62. The number of rotatable bonds is 3. The van der Waals surface area contributed by atoms with E-state index in [2.05, 4.69) is 18.8 Å². The molecule has 1 fully saturated rings. The minimum absolute atomic E-state index is 0.0823. The van der Waals surface area contributed by atoms with Crippen LogP contribution in [0.1, 0.15) is 42.2 Å². The number of ether oxygens (including phenoxy) is 1. The monoisotopic (exact) mass is 248 g/mol. The zero-order valence-electron chi connectivity index (χ0n) is 11.2. The molecule has 18 heavy (non-hydrogen) atoms. The van der Waals surface area contributed by atoms with Gasteiger partial charge < -0.3 is 9.64 Å². The summed E-state index contributed by atoms with van der Waals surface area (Å²) in [5.41, 5.74) is 1.69. The Morgan fingerprint density at radius 2 is 2.33 bits per heavy atom. The van der Waals surface area contributed by atoms with E-state index in [1.165, 1.54) is 0 Å². The molecule has 1 amide bonds. The lowest BCUT2D eigenvalue weighted by atomic mass is 10.1. The molecule has 1 unspecified atom stereocenters. The van der Waals surface area contributed by atoms with E-state index in [-0.39, 0.29) is 12.0 Å². The summed E-state index contributed by atoms with van der Waals surface area (Å²) >= 11 is 0. The maximum atomic E-state index is 12.3. The topological polar surface area (TPSA) is 42.4 Å². The third kappa shape index (κ3) is 2.70. The number of methoxy groups -OCH3 is 1. The molecule has 1 atom stereocenters. The molecule has 1 aliphatic rings. The van der Waals surface area contributed by atoms with Crippen molar-refractivity contribution < 1.29 is 9.53 Å². The molecule has 0 spiro atoms. The number of carbonyl (C=O) groups is 1. The van der Waals surface area contributed by atoms with Crippen LogP contribution in [0, 0.1) is 0 Å². The summed E-state index contributed by atoms with van der Waals surface area (Å²) < 4.78 is 5.28. The van der Waals surface area contributed by atoms with E-state index in [9.17, 15) is 4.79 Å². The number of hydrogen-bond acceptors (Lipinski definition) is 3. The van der Waals surface area contributed by atoms with E-state index in [0.29, 0.717) is 12.5 Å². The normalized spacial score (nSPS) is 19.6. The molecular formula is C14H20N2O2. The molecule has 0 saturated carbocycles. The number of carbonyl (C=O) groups excluding carboxylic acids is 1. The first kappa shape index (κ1) is 13.0. The van der Waals surface area contributed by atoms with Gasteiger partial charge >= 0.3 is 0 Å². The van der Waals surface area contributed by atoms with Crippen molar-refractivity contribution in [1.29, 1.82) is 0 Å². The van der Waals surface area contributed by atoms with E-state index < -0.39 is 0 Å². The molecule has 4 heteroatoms. The second-order valence-corrected chi connectivity index (χ2v) is 5.02. The van der Waals surface area contributed by atoms with Crippen molar-refractivity contribution in [3.8, 4) is 0 Å². The average Bonchev–Trinajstić information content (AvgIpc) is 2.86. The van der Waals surface area contributed by atoms with Crippen LogP contribution in [0.3, 0.4) is 0 Å². The molecule has 0 aliphatic carbocycles. The first-order valence-corrected chi connectivity index (χ1v) is 6.40. The number of likely N-dealkylation sites (tertiary alicyclic amines) is 1. The lowest BCUT2D eigenvalue weighted by molar-refractivity contribution is 0.0724. The number of pyridine rings is 1. The first-order valence-electron chi connectivity index (χ1n) is 6.40. The van der Waals surface area contributed by atoms with Gasteiger partial charge in [-0.1, -0.05) is 13.8 Å². The Hall–Kier alpha value is -1.42. The summed E-state index contributed by atoms with van der Waals surface area (Å²) in [7, 11) is 1.70. The van der Waals surface area contributed by atoms with Gasteiger partial charge in [-0.15, -0.1) is 0 Å². The van der Waals surface area contributed by atoms with Crippen LogP contribution in [-0.4, -0.2) is 42.1 Å². The van der Waals surface area contributed by atoms with E-state index in [4.69, 9.17) is 4.74 Å². The van der Waals surface area contributed by atoms with E-state index in [1.54, 1.807) is 19.4 Å². The molecule has 4 nitrogen and oxygen atoms in total. The highest BCUT2D eigenvalue weighted by molar-refractivity contribution is 5.94.